The molecule has 0 aliphatic rings. The van der Waals surface area contributed by atoms with E-state index in [-0.39, 0.29) is 10.7 Å². The van der Waals surface area contributed by atoms with Gasteiger partial charge in [-0.1, -0.05) is 20.8 Å². The van der Waals surface area contributed by atoms with Gasteiger partial charge in [0, 0.05) is 62.8 Å². The first-order valence-electron chi connectivity index (χ1n) is 12.2. The van der Waals surface area contributed by atoms with Crippen LogP contribution in [0.1, 0.15) is 67.2 Å². The molecule has 0 aromatic rings. The Morgan fingerprint density at radius 1 is 0.742 bits per heavy atom. The largest absolute Gasteiger partial charge is 0.500 e. The zero-order valence-corrected chi connectivity index (χ0v) is 22.8. The van der Waals surface area contributed by atoms with E-state index in [1.54, 1.807) is 0 Å². The lowest BCUT2D eigenvalue weighted by Crippen LogP contribution is -2.49. The van der Waals surface area contributed by atoms with Gasteiger partial charge < -0.3 is 27.5 Å². The minimum atomic E-state index is -2.78. The second-order valence-electron chi connectivity index (χ2n) is 7.71. The van der Waals surface area contributed by atoms with Crippen LogP contribution in [-0.4, -0.2) is 73.5 Å². The van der Waals surface area contributed by atoms with Crippen molar-refractivity contribution in [3.05, 3.63) is 6.42 Å². The molecule has 8 heteroatoms. The molecule has 0 spiro atoms. The third-order valence-corrected chi connectivity index (χ3v) is 8.72. The molecular formula is C23H49O6SSi. The molecule has 0 heterocycles. The van der Waals surface area contributed by atoms with E-state index >= 15 is 0 Å². The highest BCUT2D eigenvalue weighted by Gasteiger charge is 2.46. The molecule has 0 N–H and O–H groups in total. The fourth-order valence-corrected chi connectivity index (χ4v) is 6.56. The Balaban J connectivity index is 5.60. The Kier molecular flexibility index (Phi) is 20.0. The Labute approximate surface area is 198 Å². The SMILES string of the molecule is CCCOC[CH]C(S)C(CC[Si](OCC)(OCC)OCC)(COCCC)COCCC. The molecule has 1 atom stereocenters. The van der Waals surface area contributed by atoms with E-state index in [4.69, 9.17) is 40.1 Å². The number of thiol groups is 1. The van der Waals surface area contributed by atoms with E-state index in [2.05, 4.69) is 27.2 Å². The Morgan fingerprint density at radius 3 is 1.61 bits per heavy atom. The zero-order valence-electron chi connectivity index (χ0n) is 21.0. The normalized spacial score (nSPS) is 13.6. The molecule has 0 amide bonds. The molecule has 31 heavy (non-hydrogen) atoms. The first kappa shape index (κ1) is 31.3. The highest BCUT2D eigenvalue weighted by Crippen LogP contribution is 2.38. The van der Waals surface area contributed by atoms with Crippen molar-refractivity contribution in [3.8, 4) is 0 Å². The number of rotatable bonds is 23. The van der Waals surface area contributed by atoms with Crippen LogP contribution < -0.4 is 0 Å². The van der Waals surface area contributed by atoms with E-state index in [9.17, 15) is 0 Å². The molecule has 0 saturated heterocycles. The Morgan fingerprint density at radius 2 is 1.19 bits per heavy atom. The highest BCUT2D eigenvalue weighted by atomic mass is 32.1. The van der Waals surface area contributed by atoms with E-state index in [0.29, 0.717) is 58.9 Å². The summed E-state index contributed by atoms with van der Waals surface area (Å²) in [5, 5.41) is -0.0466. The van der Waals surface area contributed by atoms with Gasteiger partial charge in [-0.15, -0.1) is 0 Å². The molecule has 0 rings (SSSR count). The Bertz CT molecular complexity index is 375. The van der Waals surface area contributed by atoms with Gasteiger partial charge in [0.2, 0.25) is 0 Å². The molecule has 0 aromatic carbocycles. The molecule has 0 aromatic heterocycles. The molecule has 1 radical (unpaired) electrons. The predicted molar refractivity (Wildman–Crippen MR) is 133 cm³/mol. The fourth-order valence-electron chi connectivity index (χ4n) is 3.38. The van der Waals surface area contributed by atoms with Crippen LogP contribution in [0.15, 0.2) is 0 Å². The maximum atomic E-state index is 6.10. The van der Waals surface area contributed by atoms with Gasteiger partial charge in [0.1, 0.15) is 0 Å². The predicted octanol–water partition coefficient (Wildman–Crippen LogP) is 5.19. The van der Waals surface area contributed by atoms with Crippen LogP contribution in [0.4, 0.5) is 0 Å². The standard InChI is InChI=1S/C23H49O6SSi/c1-7-15-24-18-13-22(30)23(20-25-16-8-2,21-26-17-9-3)14-19-31(27-10-4,28-11-5)29-12-6/h13,22,30H,7-12,14-21H2,1-6H3. The van der Waals surface area contributed by atoms with Crippen LogP contribution in [0.5, 0.6) is 0 Å². The van der Waals surface area contributed by atoms with Crippen LogP contribution in [0, 0.1) is 11.8 Å². The van der Waals surface area contributed by atoms with Crippen molar-refractivity contribution >= 4 is 21.4 Å². The molecule has 0 aliphatic carbocycles. The lowest BCUT2D eigenvalue weighted by atomic mass is 9.81. The van der Waals surface area contributed by atoms with Gasteiger partial charge in [-0.25, -0.2) is 0 Å². The smallest absolute Gasteiger partial charge is 0.381 e. The van der Waals surface area contributed by atoms with E-state index in [0.717, 1.165) is 32.3 Å². The lowest BCUT2D eigenvalue weighted by Gasteiger charge is -2.40. The summed E-state index contributed by atoms with van der Waals surface area (Å²) in [6.45, 7) is 17.9. The summed E-state index contributed by atoms with van der Waals surface area (Å²) in [4.78, 5) is 0. The van der Waals surface area contributed by atoms with Crippen LogP contribution in [0.3, 0.4) is 0 Å². The van der Waals surface area contributed by atoms with Crippen molar-refractivity contribution in [2.75, 3.05) is 59.5 Å². The maximum absolute atomic E-state index is 6.10. The zero-order chi connectivity index (χ0) is 23.4. The second-order valence-corrected chi connectivity index (χ2v) is 11.0. The van der Waals surface area contributed by atoms with Crippen LogP contribution in [0.25, 0.3) is 0 Å². The lowest BCUT2D eigenvalue weighted by molar-refractivity contribution is -0.0273. The van der Waals surface area contributed by atoms with Gasteiger partial charge >= 0.3 is 8.80 Å². The first-order valence-corrected chi connectivity index (χ1v) is 14.6. The van der Waals surface area contributed by atoms with Crippen molar-refractivity contribution < 1.29 is 27.5 Å². The van der Waals surface area contributed by atoms with Crippen molar-refractivity contribution in [3.63, 3.8) is 0 Å². The minimum absolute atomic E-state index is 0.0466. The molecule has 0 bridgehead atoms. The molecule has 0 aliphatic heterocycles. The van der Waals surface area contributed by atoms with Crippen molar-refractivity contribution in [1.29, 1.82) is 0 Å². The van der Waals surface area contributed by atoms with Crippen LogP contribution in [-0.2, 0) is 27.5 Å². The van der Waals surface area contributed by atoms with E-state index in [1.165, 1.54) is 0 Å². The summed E-state index contributed by atoms with van der Waals surface area (Å²) < 4.78 is 36.2. The average molecular weight is 482 g/mol. The van der Waals surface area contributed by atoms with Crippen molar-refractivity contribution in [1.82, 2.24) is 0 Å². The average Bonchev–Trinajstić information content (AvgIpc) is 2.75. The van der Waals surface area contributed by atoms with E-state index in [1.807, 2.05) is 20.8 Å². The number of ether oxygens (including phenoxy) is 3. The molecule has 187 valence electrons. The fraction of sp³-hybridized carbons (Fsp3) is 0.957. The monoisotopic (exact) mass is 481 g/mol. The Hall–Kier alpha value is 0.327. The van der Waals surface area contributed by atoms with Crippen molar-refractivity contribution in [2.45, 2.75) is 78.5 Å². The van der Waals surface area contributed by atoms with Gasteiger partial charge in [0.05, 0.1) is 19.8 Å². The third kappa shape index (κ3) is 13.0. The summed E-state index contributed by atoms with van der Waals surface area (Å²) >= 11 is 5.00. The molecule has 0 saturated carbocycles. The maximum Gasteiger partial charge on any atom is 0.500 e. The van der Waals surface area contributed by atoms with Gasteiger partial charge in [-0.2, -0.15) is 12.6 Å². The number of hydrogen-bond acceptors (Lipinski definition) is 7. The van der Waals surface area contributed by atoms with Gasteiger partial charge in [-0.3, -0.25) is 0 Å². The summed E-state index contributed by atoms with van der Waals surface area (Å²) in [6.07, 6.45) is 5.87. The van der Waals surface area contributed by atoms with Gasteiger partial charge in [0.25, 0.3) is 0 Å². The summed E-state index contributed by atoms with van der Waals surface area (Å²) in [5.74, 6) is 0. The highest BCUT2D eigenvalue weighted by molar-refractivity contribution is 7.81. The molecule has 6 nitrogen and oxygen atoms in total. The topological polar surface area (TPSA) is 55.4 Å². The summed E-state index contributed by atoms with van der Waals surface area (Å²) in [5.41, 5.74) is -0.313. The molecular weight excluding hydrogens is 432 g/mol. The third-order valence-electron chi connectivity index (χ3n) is 4.91. The summed E-state index contributed by atoms with van der Waals surface area (Å²) in [7, 11) is -2.78. The van der Waals surface area contributed by atoms with Gasteiger partial charge in [-0.05, 0) is 46.5 Å². The van der Waals surface area contributed by atoms with Crippen LogP contribution in [0.2, 0.25) is 6.04 Å². The number of hydrogen-bond donors (Lipinski definition) is 1. The first-order chi connectivity index (χ1) is 15.0. The van der Waals surface area contributed by atoms with E-state index < -0.39 is 8.80 Å². The minimum Gasteiger partial charge on any atom is -0.381 e. The quantitative estimate of drug-likeness (QED) is 0.123. The van der Waals surface area contributed by atoms with Gasteiger partial charge in [0.15, 0.2) is 0 Å². The second kappa shape index (κ2) is 19.8. The summed E-state index contributed by atoms with van der Waals surface area (Å²) in [6, 6.07) is 0.703. The van der Waals surface area contributed by atoms with Crippen LogP contribution >= 0.6 is 12.6 Å². The molecule has 0 fully saturated rings. The van der Waals surface area contributed by atoms with Crippen molar-refractivity contribution in [2.24, 2.45) is 5.41 Å². The molecule has 1 unspecified atom stereocenters.